The molecule has 0 amide bonds. The van der Waals surface area contributed by atoms with Gasteiger partial charge in [0.25, 0.3) is 0 Å². The summed E-state index contributed by atoms with van der Waals surface area (Å²) in [5, 5.41) is 20.8. The van der Waals surface area contributed by atoms with Crippen LogP contribution in [0.15, 0.2) is 18.2 Å². The van der Waals surface area contributed by atoms with E-state index in [9.17, 15) is 15.0 Å². The molecular formula is C18H28O4. The molecule has 124 valence electrons. The molecule has 0 aliphatic rings. The van der Waals surface area contributed by atoms with Crippen LogP contribution >= 0.6 is 0 Å². The Morgan fingerprint density at radius 3 is 2.00 bits per heavy atom. The summed E-state index contributed by atoms with van der Waals surface area (Å²) >= 11 is 0. The minimum Gasteiger partial charge on any atom is -0.466 e. The number of aliphatic hydroxyl groups excluding tert-OH is 2. The van der Waals surface area contributed by atoms with E-state index in [0.717, 1.165) is 16.7 Å². The smallest absolute Gasteiger partial charge is 0.308 e. The summed E-state index contributed by atoms with van der Waals surface area (Å²) in [4.78, 5) is 11.5. The van der Waals surface area contributed by atoms with Gasteiger partial charge < -0.3 is 14.9 Å². The van der Waals surface area contributed by atoms with Crippen molar-refractivity contribution in [3.63, 3.8) is 0 Å². The fourth-order valence-electron chi connectivity index (χ4n) is 2.64. The van der Waals surface area contributed by atoms with E-state index in [-0.39, 0.29) is 24.9 Å². The molecular weight excluding hydrogens is 280 g/mol. The first-order valence-corrected chi connectivity index (χ1v) is 7.94. The zero-order valence-corrected chi connectivity index (χ0v) is 14.2. The van der Waals surface area contributed by atoms with Gasteiger partial charge in [0.05, 0.1) is 19.1 Å². The van der Waals surface area contributed by atoms with Crippen molar-refractivity contribution in [2.75, 3.05) is 6.61 Å². The highest BCUT2D eigenvalue weighted by molar-refractivity contribution is 5.70. The molecule has 0 saturated carbocycles. The molecule has 0 spiro atoms. The van der Waals surface area contributed by atoms with Crippen molar-refractivity contribution >= 4 is 5.97 Å². The number of ether oxygens (including phenoxy) is 1. The molecule has 0 radical (unpaired) electrons. The lowest BCUT2D eigenvalue weighted by Gasteiger charge is -2.26. The topological polar surface area (TPSA) is 66.8 Å². The second-order valence-electron chi connectivity index (χ2n) is 6.18. The van der Waals surface area contributed by atoms with Gasteiger partial charge in [-0.1, -0.05) is 45.9 Å². The van der Waals surface area contributed by atoms with Crippen LogP contribution in [0.3, 0.4) is 0 Å². The normalized spacial score (nSPS) is 14.2. The highest BCUT2D eigenvalue weighted by Crippen LogP contribution is 2.34. The van der Waals surface area contributed by atoms with Crippen LogP contribution in [0.5, 0.6) is 0 Å². The average Bonchev–Trinajstić information content (AvgIpc) is 2.45. The van der Waals surface area contributed by atoms with E-state index in [1.807, 2.05) is 45.9 Å². The molecule has 22 heavy (non-hydrogen) atoms. The number of esters is 1. The van der Waals surface area contributed by atoms with E-state index < -0.39 is 18.2 Å². The van der Waals surface area contributed by atoms with Crippen molar-refractivity contribution in [1.29, 1.82) is 0 Å². The summed E-state index contributed by atoms with van der Waals surface area (Å²) in [6.07, 6.45) is -2.48. The third-order valence-corrected chi connectivity index (χ3v) is 3.76. The summed E-state index contributed by atoms with van der Waals surface area (Å²) in [5.41, 5.74) is 2.74. The summed E-state index contributed by atoms with van der Waals surface area (Å²) in [6.45, 7) is 10.2. The number of carbonyl (C=O) groups excluding carboxylic acids is 1. The van der Waals surface area contributed by atoms with Gasteiger partial charge in [0.15, 0.2) is 0 Å². The molecule has 4 nitrogen and oxygen atoms in total. The quantitative estimate of drug-likeness (QED) is 0.759. The van der Waals surface area contributed by atoms with Gasteiger partial charge >= 0.3 is 5.97 Å². The van der Waals surface area contributed by atoms with Crippen molar-refractivity contribution in [1.82, 2.24) is 0 Å². The van der Waals surface area contributed by atoms with Crippen LogP contribution in [0.1, 0.15) is 75.7 Å². The first-order chi connectivity index (χ1) is 10.3. The molecule has 0 saturated heterocycles. The molecule has 0 aromatic heterocycles. The second-order valence-corrected chi connectivity index (χ2v) is 6.18. The lowest BCUT2D eigenvalue weighted by atomic mass is 9.84. The predicted molar refractivity (Wildman–Crippen MR) is 86.8 cm³/mol. The Morgan fingerprint density at radius 1 is 1.09 bits per heavy atom. The SMILES string of the molecule is CCOC(=O)CC(O)C(O)c1c(C(C)C)cccc1C(C)C. The predicted octanol–water partition coefficient (Wildman–Crippen LogP) is 3.28. The molecule has 0 heterocycles. The van der Waals surface area contributed by atoms with E-state index in [1.54, 1.807) is 6.92 Å². The van der Waals surface area contributed by atoms with Crippen LogP contribution in [0, 0.1) is 0 Å². The number of hydrogen-bond donors (Lipinski definition) is 2. The van der Waals surface area contributed by atoms with Crippen molar-refractivity contribution < 1.29 is 19.7 Å². The number of rotatable bonds is 7. The zero-order chi connectivity index (χ0) is 16.9. The fraction of sp³-hybridized carbons (Fsp3) is 0.611. The molecule has 0 fully saturated rings. The Kier molecular flexibility index (Phi) is 7.04. The molecule has 1 aromatic carbocycles. The van der Waals surface area contributed by atoms with Crippen molar-refractivity contribution in [2.45, 2.75) is 65.1 Å². The molecule has 2 atom stereocenters. The third-order valence-electron chi connectivity index (χ3n) is 3.76. The summed E-state index contributed by atoms with van der Waals surface area (Å²) in [5.74, 6) is -0.0570. The van der Waals surface area contributed by atoms with Crippen LogP contribution in [0.2, 0.25) is 0 Å². The lowest BCUT2D eigenvalue weighted by Crippen LogP contribution is -2.25. The van der Waals surface area contributed by atoms with Gasteiger partial charge in [-0.25, -0.2) is 0 Å². The Morgan fingerprint density at radius 2 is 1.59 bits per heavy atom. The maximum Gasteiger partial charge on any atom is 0.308 e. The highest BCUT2D eigenvalue weighted by atomic mass is 16.5. The van der Waals surface area contributed by atoms with Crippen LogP contribution in [-0.4, -0.2) is 28.9 Å². The van der Waals surface area contributed by atoms with Crippen LogP contribution < -0.4 is 0 Å². The van der Waals surface area contributed by atoms with Gasteiger partial charge in [-0.15, -0.1) is 0 Å². The maximum absolute atomic E-state index is 11.5. The standard InChI is InChI=1S/C18H28O4/c1-6-22-16(20)10-15(19)18(21)17-13(11(2)3)8-7-9-14(17)12(4)5/h7-9,11-12,15,18-19,21H,6,10H2,1-5H3. The van der Waals surface area contributed by atoms with Gasteiger partial charge in [-0.3, -0.25) is 4.79 Å². The molecule has 2 N–H and O–H groups in total. The van der Waals surface area contributed by atoms with Crippen molar-refractivity contribution in [3.8, 4) is 0 Å². The molecule has 2 unspecified atom stereocenters. The largest absolute Gasteiger partial charge is 0.466 e. The highest BCUT2D eigenvalue weighted by Gasteiger charge is 2.27. The Hall–Kier alpha value is -1.39. The Balaban J connectivity index is 3.14. The summed E-state index contributed by atoms with van der Waals surface area (Å²) in [6, 6.07) is 5.90. The number of carbonyl (C=O) groups is 1. The summed E-state index contributed by atoms with van der Waals surface area (Å²) in [7, 11) is 0. The maximum atomic E-state index is 11.5. The molecule has 0 aliphatic heterocycles. The lowest BCUT2D eigenvalue weighted by molar-refractivity contribution is -0.147. The van der Waals surface area contributed by atoms with E-state index in [1.165, 1.54) is 0 Å². The van der Waals surface area contributed by atoms with Crippen LogP contribution in [0.4, 0.5) is 0 Å². The first kappa shape index (κ1) is 18.7. The Bertz CT molecular complexity index is 468. The second kappa shape index (κ2) is 8.30. The van der Waals surface area contributed by atoms with Gasteiger partial charge in [0, 0.05) is 0 Å². The van der Waals surface area contributed by atoms with Gasteiger partial charge in [0.1, 0.15) is 6.10 Å². The van der Waals surface area contributed by atoms with Crippen molar-refractivity contribution in [3.05, 3.63) is 34.9 Å². The van der Waals surface area contributed by atoms with Crippen LogP contribution in [0.25, 0.3) is 0 Å². The zero-order valence-electron chi connectivity index (χ0n) is 14.2. The molecule has 1 rings (SSSR count). The van der Waals surface area contributed by atoms with Gasteiger partial charge in [0.2, 0.25) is 0 Å². The van der Waals surface area contributed by atoms with Gasteiger partial charge in [-0.2, -0.15) is 0 Å². The van der Waals surface area contributed by atoms with Crippen LogP contribution in [-0.2, 0) is 9.53 Å². The van der Waals surface area contributed by atoms with E-state index >= 15 is 0 Å². The monoisotopic (exact) mass is 308 g/mol. The molecule has 0 bridgehead atoms. The fourth-order valence-corrected chi connectivity index (χ4v) is 2.64. The third kappa shape index (κ3) is 4.55. The molecule has 1 aromatic rings. The number of benzene rings is 1. The van der Waals surface area contributed by atoms with E-state index in [2.05, 4.69) is 0 Å². The summed E-state index contributed by atoms with van der Waals surface area (Å²) < 4.78 is 4.84. The molecule has 0 aliphatic carbocycles. The minimum absolute atomic E-state index is 0.209. The van der Waals surface area contributed by atoms with E-state index in [4.69, 9.17) is 4.74 Å². The molecule has 4 heteroatoms. The van der Waals surface area contributed by atoms with Gasteiger partial charge in [-0.05, 0) is 35.4 Å². The number of hydrogen-bond acceptors (Lipinski definition) is 4. The average molecular weight is 308 g/mol. The van der Waals surface area contributed by atoms with Crippen molar-refractivity contribution in [2.24, 2.45) is 0 Å². The van der Waals surface area contributed by atoms with E-state index in [0.29, 0.717) is 0 Å². The Labute approximate surface area is 133 Å². The minimum atomic E-state index is -1.17. The first-order valence-electron chi connectivity index (χ1n) is 7.94. The number of aliphatic hydroxyl groups is 2.